The van der Waals surface area contributed by atoms with Gasteiger partial charge in [-0.1, -0.05) is 0 Å². The lowest BCUT2D eigenvalue weighted by molar-refractivity contribution is -0.142. The van der Waals surface area contributed by atoms with Gasteiger partial charge in [0.1, 0.15) is 11.4 Å². The lowest BCUT2D eigenvalue weighted by atomic mass is 10.0. The molecule has 0 aliphatic carbocycles. The van der Waals surface area contributed by atoms with Crippen molar-refractivity contribution in [1.82, 2.24) is 14.3 Å². The second-order valence-corrected chi connectivity index (χ2v) is 7.44. The first-order valence-corrected chi connectivity index (χ1v) is 8.83. The van der Waals surface area contributed by atoms with E-state index in [-0.39, 0.29) is 17.2 Å². The molecule has 1 saturated heterocycles. The molecular weight excluding hydrogens is 302 g/mol. The molecule has 0 radical (unpaired) electrons. The molecule has 20 heavy (non-hydrogen) atoms. The monoisotopic (exact) mass is 319 g/mol. The Labute approximate surface area is 121 Å². The Kier molecular flexibility index (Phi) is 4.12. The summed E-state index contributed by atoms with van der Waals surface area (Å²) in [6, 6.07) is 0. The predicted octanol–water partition coefficient (Wildman–Crippen LogP) is 0.450. The van der Waals surface area contributed by atoms with Gasteiger partial charge >= 0.3 is 5.97 Å². The fourth-order valence-electron chi connectivity index (χ4n) is 2.10. The van der Waals surface area contributed by atoms with Gasteiger partial charge in [-0.15, -0.1) is 0 Å². The summed E-state index contributed by atoms with van der Waals surface area (Å²) < 4.78 is 28.7. The van der Waals surface area contributed by atoms with E-state index in [2.05, 4.69) is 9.71 Å². The second kappa shape index (κ2) is 5.38. The van der Waals surface area contributed by atoms with E-state index in [0.717, 1.165) is 0 Å². The summed E-state index contributed by atoms with van der Waals surface area (Å²) in [5.41, 5.74) is -1.42. The van der Waals surface area contributed by atoms with E-state index in [1.807, 2.05) is 6.92 Å². The van der Waals surface area contributed by atoms with Crippen LogP contribution in [0.1, 0.15) is 19.2 Å². The Bertz CT molecular complexity index is 618. The maximum Gasteiger partial charge on any atom is 0.325 e. The number of carboxylic acid groups (broad SMARTS) is 1. The molecular formula is C11H17N3O4S2. The lowest BCUT2D eigenvalue weighted by Crippen LogP contribution is -2.54. The molecule has 7 nitrogen and oxygen atoms in total. The first-order chi connectivity index (χ1) is 9.31. The molecule has 1 aromatic heterocycles. The number of carboxylic acids is 1. The lowest BCUT2D eigenvalue weighted by Gasteiger charge is -2.23. The average molecular weight is 319 g/mol. The maximum atomic E-state index is 12.3. The Morgan fingerprint density at radius 1 is 1.65 bits per heavy atom. The number of aliphatic carboxylic acids is 1. The normalized spacial score (nSPS) is 23.1. The van der Waals surface area contributed by atoms with Crippen molar-refractivity contribution in [3.05, 3.63) is 12.0 Å². The van der Waals surface area contributed by atoms with Crippen molar-refractivity contribution >= 4 is 27.8 Å². The largest absolute Gasteiger partial charge is 0.480 e. The SMILES string of the molecule is CCn1cc(S(=O)(=O)NC2(C(=O)O)CCSC2)nc1C. The number of carbonyl (C=O) groups is 1. The summed E-state index contributed by atoms with van der Waals surface area (Å²) in [4.78, 5) is 15.4. The molecule has 0 aromatic carbocycles. The number of rotatable bonds is 5. The van der Waals surface area contributed by atoms with Gasteiger partial charge in [0.25, 0.3) is 10.0 Å². The number of hydrogen-bond donors (Lipinski definition) is 2. The van der Waals surface area contributed by atoms with Crippen LogP contribution in [0.2, 0.25) is 0 Å². The molecule has 1 fully saturated rings. The van der Waals surface area contributed by atoms with Crippen molar-refractivity contribution in [2.45, 2.75) is 37.4 Å². The molecule has 1 aromatic rings. The van der Waals surface area contributed by atoms with E-state index in [1.165, 1.54) is 18.0 Å². The molecule has 0 bridgehead atoms. The van der Waals surface area contributed by atoms with E-state index in [1.54, 1.807) is 11.5 Å². The van der Waals surface area contributed by atoms with Crippen LogP contribution >= 0.6 is 11.8 Å². The zero-order valence-corrected chi connectivity index (χ0v) is 12.9. The Morgan fingerprint density at radius 3 is 2.80 bits per heavy atom. The van der Waals surface area contributed by atoms with Crippen LogP contribution < -0.4 is 4.72 Å². The number of nitrogens with zero attached hydrogens (tertiary/aromatic N) is 2. The van der Waals surface area contributed by atoms with Gasteiger partial charge in [-0.2, -0.15) is 16.5 Å². The van der Waals surface area contributed by atoms with Gasteiger partial charge in [-0.3, -0.25) is 4.79 Å². The zero-order valence-electron chi connectivity index (χ0n) is 11.3. The van der Waals surface area contributed by atoms with Gasteiger partial charge in [-0.05, 0) is 26.0 Å². The Morgan fingerprint density at radius 2 is 2.35 bits per heavy atom. The van der Waals surface area contributed by atoms with Crippen molar-refractivity contribution in [3.8, 4) is 0 Å². The molecule has 9 heteroatoms. The topological polar surface area (TPSA) is 101 Å². The fraction of sp³-hybridized carbons (Fsp3) is 0.636. The molecule has 0 amide bonds. The first kappa shape index (κ1) is 15.3. The highest BCUT2D eigenvalue weighted by Gasteiger charge is 2.45. The third kappa shape index (κ3) is 2.70. The average Bonchev–Trinajstić information content (AvgIpc) is 2.96. The van der Waals surface area contributed by atoms with Gasteiger partial charge in [0.05, 0.1) is 0 Å². The van der Waals surface area contributed by atoms with E-state index < -0.39 is 21.5 Å². The van der Waals surface area contributed by atoms with E-state index in [0.29, 0.717) is 18.1 Å². The Balaban J connectivity index is 2.32. The minimum atomic E-state index is -3.94. The molecule has 1 atom stereocenters. The van der Waals surface area contributed by atoms with Crippen LogP contribution in [0.3, 0.4) is 0 Å². The zero-order chi connectivity index (χ0) is 15.0. The summed E-state index contributed by atoms with van der Waals surface area (Å²) in [5, 5.41) is 9.18. The Hall–Kier alpha value is -1.06. The van der Waals surface area contributed by atoms with E-state index in [9.17, 15) is 18.3 Å². The number of aryl methyl sites for hydroxylation is 2. The number of aromatic nitrogens is 2. The van der Waals surface area contributed by atoms with Crippen LogP contribution in [0, 0.1) is 6.92 Å². The van der Waals surface area contributed by atoms with E-state index in [4.69, 9.17) is 0 Å². The van der Waals surface area contributed by atoms with Crippen LogP contribution in [0.15, 0.2) is 11.2 Å². The summed E-state index contributed by atoms with van der Waals surface area (Å²) in [5.74, 6) is 0.294. The molecule has 112 valence electrons. The van der Waals surface area contributed by atoms with Crippen LogP contribution in [0.5, 0.6) is 0 Å². The molecule has 1 aliphatic rings. The van der Waals surface area contributed by atoms with Crippen LogP contribution in [-0.4, -0.2) is 46.1 Å². The van der Waals surface area contributed by atoms with Gasteiger partial charge in [0.15, 0.2) is 5.03 Å². The number of thioether (sulfide) groups is 1. The van der Waals surface area contributed by atoms with Crippen molar-refractivity contribution in [2.75, 3.05) is 11.5 Å². The van der Waals surface area contributed by atoms with Crippen LogP contribution in [-0.2, 0) is 21.4 Å². The van der Waals surface area contributed by atoms with Crippen molar-refractivity contribution < 1.29 is 18.3 Å². The van der Waals surface area contributed by atoms with Gasteiger partial charge < -0.3 is 9.67 Å². The predicted molar refractivity (Wildman–Crippen MR) is 75.3 cm³/mol. The quantitative estimate of drug-likeness (QED) is 0.817. The maximum absolute atomic E-state index is 12.3. The smallest absolute Gasteiger partial charge is 0.325 e. The van der Waals surface area contributed by atoms with Crippen molar-refractivity contribution in [2.24, 2.45) is 0 Å². The third-order valence-corrected chi connectivity index (χ3v) is 5.93. The van der Waals surface area contributed by atoms with Crippen LogP contribution in [0.25, 0.3) is 0 Å². The van der Waals surface area contributed by atoms with Gasteiger partial charge in [0, 0.05) is 18.5 Å². The molecule has 0 saturated carbocycles. The summed E-state index contributed by atoms with van der Waals surface area (Å²) in [6.07, 6.45) is 1.70. The number of nitrogens with one attached hydrogen (secondary N) is 1. The number of sulfonamides is 1. The molecule has 1 unspecified atom stereocenters. The fourth-order valence-corrected chi connectivity index (χ4v) is 4.91. The van der Waals surface area contributed by atoms with E-state index >= 15 is 0 Å². The van der Waals surface area contributed by atoms with Gasteiger partial charge in [0.2, 0.25) is 0 Å². The highest BCUT2D eigenvalue weighted by molar-refractivity contribution is 7.99. The summed E-state index contributed by atoms with van der Waals surface area (Å²) >= 11 is 1.42. The highest BCUT2D eigenvalue weighted by atomic mass is 32.2. The van der Waals surface area contributed by atoms with Crippen LogP contribution in [0.4, 0.5) is 0 Å². The summed E-state index contributed by atoms with van der Waals surface area (Å²) in [7, 11) is -3.94. The standard InChI is InChI=1S/C11H17N3O4S2/c1-3-14-6-9(12-8(14)2)20(17,18)13-11(10(15)16)4-5-19-7-11/h6,13H,3-5,7H2,1-2H3,(H,15,16). The third-order valence-electron chi connectivity index (χ3n) is 3.33. The summed E-state index contributed by atoms with van der Waals surface area (Å²) in [6.45, 7) is 4.19. The minimum absolute atomic E-state index is 0.130. The molecule has 0 spiro atoms. The highest BCUT2D eigenvalue weighted by Crippen LogP contribution is 2.29. The minimum Gasteiger partial charge on any atom is -0.480 e. The number of hydrogen-bond acceptors (Lipinski definition) is 5. The molecule has 2 heterocycles. The second-order valence-electron chi connectivity index (χ2n) is 4.71. The van der Waals surface area contributed by atoms with Crippen molar-refractivity contribution in [1.29, 1.82) is 0 Å². The molecule has 2 N–H and O–H groups in total. The molecule has 1 aliphatic heterocycles. The number of imidazole rings is 1. The molecule has 2 rings (SSSR count). The van der Waals surface area contributed by atoms with Gasteiger partial charge in [-0.25, -0.2) is 13.4 Å². The van der Waals surface area contributed by atoms with Crippen molar-refractivity contribution in [3.63, 3.8) is 0 Å². The first-order valence-electron chi connectivity index (χ1n) is 6.19.